The first-order chi connectivity index (χ1) is 16.0. The highest BCUT2D eigenvalue weighted by molar-refractivity contribution is 7.99. The first kappa shape index (κ1) is 24.3. The predicted molar refractivity (Wildman–Crippen MR) is 133 cm³/mol. The summed E-state index contributed by atoms with van der Waals surface area (Å²) in [7, 11) is 0. The summed E-state index contributed by atoms with van der Waals surface area (Å²) in [5.41, 5.74) is 5.03. The lowest BCUT2D eigenvalue weighted by atomic mass is 10.1. The van der Waals surface area contributed by atoms with Crippen LogP contribution in [-0.4, -0.2) is 41.5 Å². The molecule has 0 aliphatic heterocycles. The first-order valence-corrected chi connectivity index (χ1v) is 12.0. The zero-order valence-electron chi connectivity index (χ0n) is 19.5. The molecule has 7 nitrogen and oxygen atoms in total. The Balaban J connectivity index is 1.67. The van der Waals surface area contributed by atoms with Crippen molar-refractivity contribution in [1.29, 1.82) is 5.26 Å². The van der Waals surface area contributed by atoms with Crippen LogP contribution in [0.1, 0.15) is 31.4 Å². The van der Waals surface area contributed by atoms with Gasteiger partial charge >= 0.3 is 0 Å². The lowest BCUT2D eigenvalue weighted by Crippen LogP contribution is -2.33. The second-order valence-corrected chi connectivity index (χ2v) is 8.53. The third kappa shape index (κ3) is 6.14. The maximum atomic E-state index is 13.0. The van der Waals surface area contributed by atoms with Gasteiger partial charge in [0.15, 0.2) is 0 Å². The van der Waals surface area contributed by atoms with Crippen molar-refractivity contribution in [3.8, 4) is 17.5 Å². The van der Waals surface area contributed by atoms with Crippen LogP contribution in [0.4, 0.5) is 11.4 Å². The van der Waals surface area contributed by atoms with Crippen LogP contribution in [0.15, 0.2) is 52.1 Å². The van der Waals surface area contributed by atoms with E-state index in [0.717, 1.165) is 41.2 Å². The number of aryl methyl sites for hydroxylation is 2. The molecule has 0 spiro atoms. The van der Waals surface area contributed by atoms with Gasteiger partial charge < -0.3 is 14.2 Å². The fourth-order valence-corrected chi connectivity index (χ4v) is 4.08. The van der Waals surface area contributed by atoms with E-state index in [1.807, 2.05) is 56.3 Å². The van der Waals surface area contributed by atoms with E-state index in [2.05, 4.69) is 35.0 Å². The average Bonchev–Trinajstić information content (AvgIpc) is 3.30. The van der Waals surface area contributed by atoms with Crippen LogP contribution in [0, 0.1) is 25.2 Å². The fourth-order valence-electron chi connectivity index (χ4n) is 3.44. The van der Waals surface area contributed by atoms with Gasteiger partial charge in [-0.2, -0.15) is 5.26 Å². The largest absolute Gasteiger partial charge is 0.411 e. The Bertz CT molecular complexity index is 1120. The molecule has 0 saturated carbocycles. The van der Waals surface area contributed by atoms with Crippen molar-refractivity contribution < 1.29 is 9.21 Å². The smallest absolute Gasteiger partial charge is 0.277 e. The van der Waals surface area contributed by atoms with Gasteiger partial charge in [0.1, 0.15) is 0 Å². The molecule has 172 valence electrons. The summed E-state index contributed by atoms with van der Waals surface area (Å²) in [4.78, 5) is 16.9. The SMILES string of the molecule is CCN(CC)c1ccc(-c2nnc(SCC(=O)N(CCC#N)c3ccc(C)c(C)c3)o2)cc1. The van der Waals surface area contributed by atoms with Crippen LogP contribution < -0.4 is 9.80 Å². The van der Waals surface area contributed by atoms with E-state index < -0.39 is 0 Å². The number of benzene rings is 2. The van der Waals surface area contributed by atoms with Gasteiger partial charge in [-0.1, -0.05) is 17.8 Å². The van der Waals surface area contributed by atoms with Crippen LogP contribution in [0.3, 0.4) is 0 Å². The fraction of sp³-hybridized carbons (Fsp3) is 0.360. The van der Waals surface area contributed by atoms with Crippen LogP contribution in [0.5, 0.6) is 0 Å². The molecule has 2 aromatic carbocycles. The number of carbonyl (C=O) groups excluding carboxylic acids is 1. The summed E-state index contributed by atoms with van der Waals surface area (Å²) in [5.74, 6) is 0.453. The molecular formula is C25H29N5O2S. The molecule has 0 aliphatic carbocycles. The van der Waals surface area contributed by atoms with Crippen molar-refractivity contribution >= 4 is 29.0 Å². The number of nitriles is 1. The van der Waals surface area contributed by atoms with Crippen molar-refractivity contribution in [1.82, 2.24) is 10.2 Å². The Kier molecular flexibility index (Phi) is 8.50. The lowest BCUT2D eigenvalue weighted by Gasteiger charge is -2.22. The van der Waals surface area contributed by atoms with E-state index >= 15 is 0 Å². The van der Waals surface area contributed by atoms with Crippen molar-refractivity contribution in [3.63, 3.8) is 0 Å². The monoisotopic (exact) mass is 463 g/mol. The maximum absolute atomic E-state index is 13.0. The van der Waals surface area contributed by atoms with Crippen molar-refractivity contribution in [2.24, 2.45) is 0 Å². The third-order valence-electron chi connectivity index (χ3n) is 5.52. The molecule has 0 unspecified atom stereocenters. The lowest BCUT2D eigenvalue weighted by molar-refractivity contribution is -0.116. The zero-order valence-corrected chi connectivity index (χ0v) is 20.4. The van der Waals surface area contributed by atoms with E-state index in [-0.39, 0.29) is 18.1 Å². The van der Waals surface area contributed by atoms with Gasteiger partial charge in [-0.3, -0.25) is 4.79 Å². The summed E-state index contributed by atoms with van der Waals surface area (Å²) in [6, 6.07) is 16.0. The molecule has 1 heterocycles. The van der Waals surface area contributed by atoms with E-state index in [0.29, 0.717) is 17.7 Å². The number of carbonyl (C=O) groups is 1. The van der Waals surface area contributed by atoms with Crippen LogP contribution in [0.2, 0.25) is 0 Å². The van der Waals surface area contributed by atoms with Crippen molar-refractivity contribution in [2.75, 3.05) is 35.2 Å². The maximum Gasteiger partial charge on any atom is 0.277 e. The number of rotatable bonds is 10. The van der Waals surface area contributed by atoms with Gasteiger partial charge in [-0.25, -0.2) is 0 Å². The summed E-state index contributed by atoms with van der Waals surface area (Å²) < 4.78 is 5.78. The molecule has 0 saturated heterocycles. The number of hydrogen-bond donors (Lipinski definition) is 0. The minimum Gasteiger partial charge on any atom is -0.411 e. The molecule has 0 bridgehead atoms. The van der Waals surface area contributed by atoms with Gasteiger partial charge in [0, 0.05) is 36.6 Å². The predicted octanol–water partition coefficient (Wildman–Crippen LogP) is 5.24. The minimum absolute atomic E-state index is 0.109. The number of nitrogens with zero attached hydrogens (tertiary/aromatic N) is 5. The summed E-state index contributed by atoms with van der Waals surface area (Å²) >= 11 is 1.20. The summed E-state index contributed by atoms with van der Waals surface area (Å²) in [5, 5.41) is 17.6. The Morgan fingerprint density at radius 3 is 2.36 bits per heavy atom. The second kappa shape index (κ2) is 11.5. The molecule has 0 atom stereocenters. The molecule has 0 radical (unpaired) electrons. The van der Waals surface area contributed by atoms with Gasteiger partial charge in [0.05, 0.1) is 18.2 Å². The van der Waals surface area contributed by atoms with E-state index in [9.17, 15) is 4.79 Å². The van der Waals surface area contributed by atoms with Crippen LogP contribution >= 0.6 is 11.8 Å². The third-order valence-corrected chi connectivity index (χ3v) is 6.32. The quantitative estimate of drug-likeness (QED) is 0.380. The Labute approximate surface area is 199 Å². The van der Waals surface area contributed by atoms with E-state index in [4.69, 9.17) is 9.68 Å². The second-order valence-electron chi connectivity index (χ2n) is 7.60. The van der Waals surface area contributed by atoms with Gasteiger partial charge in [-0.15, -0.1) is 10.2 Å². The van der Waals surface area contributed by atoms with Crippen LogP contribution in [0.25, 0.3) is 11.5 Å². The molecule has 3 rings (SSSR count). The average molecular weight is 464 g/mol. The zero-order chi connectivity index (χ0) is 23.8. The molecule has 1 aromatic heterocycles. The van der Waals surface area contributed by atoms with Gasteiger partial charge in [0.25, 0.3) is 5.22 Å². The highest BCUT2D eigenvalue weighted by Gasteiger charge is 2.18. The molecule has 33 heavy (non-hydrogen) atoms. The number of hydrogen-bond acceptors (Lipinski definition) is 7. The molecule has 3 aromatic rings. The molecule has 0 aliphatic rings. The van der Waals surface area contributed by atoms with Gasteiger partial charge in [-0.05, 0) is 75.2 Å². The standard InChI is InChI=1S/C25H29N5O2S/c1-5-29(6-2)21-12-9-20(10-13-21)24-27-28-25(32-24)33-17-23(31)30(15-7-14-26)22-11-8-18(3)19(4)16-22/h8-13,16H,5-7,15,17H2,1-4H3. The molecule has 0 N–H and O–H groups in total. The number of amides is 1. The molecule has 1 amide bonds. The highest BCUT2D eigenvalue weighted by Crippen LogP contribution is 2.26. The molecule has 0 fully saturated rings. The van der Waals surface area contributed by atoms with E-state index in [1.165, 1.54) is 11.8 Å². The Hall–Kier alpha value is -3.31. The topological polar surface area (TPSA) is 86.3 Å². The normalized spacial score (nSPS) is 10.6. The number of aromatic nitrogens is 2. The first-order valence-electron chi connectivity index (χ1n) is 11.0. The summed E-state index contributed by atoms with van der Waals surface area (Å²) in [6.07, 6.45) is 0.261. The number of thioether (sulfide) groups is 1. The van der Waals surface area contributed by atoms with Crippen molar-refractivity contribution in [2.45, 2.75) is 39.3 Å². The summed E-state index contributed by atoms with van der Waals surface area (Å²) in [6.45, 7) is 10.5. The number of anilines is 2. The van der Waals surface area contributed by atoms with Crippen molar-refractivity contribution in [3.05, 3.63) is 53.6 Å². The van der Waals surface area contributed by atoms with E-state index in [1.54, 1.807) is 4.90 Å². The minimum atomic E-state index is -0.109. The van der Waals surface area contributed by atoms with Gasteiger partial charge in [0.2, 0.25) is 11.8 Å². The molecular weight excluding hydrogens is 434 g/mol. The van der Waals surface area contributed by atoms with Crippen LogP contribution in [-0.2, 0) is 4.79 Å². The highest BCUT2D eigenvalue weighted by atomic mass is 32.2. The Morgan fingerprint density at radius 2 is 1.73 bits per heavy atom. The Morgan fingerprint density at radius 1 is 1.03 bits per heavy atom. The molecule has 8 heteroatoms.